The van der Waals surface area contributed by atoms with Gasteiger partial charge in [-0.05, 0) is 24.1 Å². The van der Waals surface area contributed by atoms with E-state index in [-0.39, 0.29) is 6.61 Å². The van der Waals surface area contributed by atoms with Gasteiger partial charge in [-0.15, -0.1) is 0 Å². The second kappa shape index (κ2) is 4.43. The van der Waals surface area contributed by atoms with E-state index in [0.29, 0.717) is 18.6 Å². The Labute approximate surface area is 92.0 Å². The summed E-state index contributed by atoms with van der Waals surface area (Å²) in [6.07, 6.45) is 1.41. The van der Waals surface area contributed by atoms with Crippen molar-refractivity contribution in [1.29, 1.82) is 0 Å². The SMILES string of the molecule is OCCO[C@@H]1CC1c1ccc(Br)cc1. The predicted molar refractivity (Wildman–Crippen MR) is 58.3 cm³/mol. The highest BCUT2D eigenvalue weighted by molar-refractivity contribution is 9.10. The highest BCUT2D eigenvalue weighted by atomic mass is 79.9. The summed E-state index contributed by atoms with van der Waals surface area (Å²) in [4.78, 5) is 0. The van der Waals surface area contributed by atoms with Crippen LogP contribution in [0.3, 0.4) is 0 Å². The van der Waals surface area contributed by atoms with Gasteiger partial charge in [0.05, 0.1) is 19.3 Å². The van der Waals surface area contributed by atoms with Gasteiger partial charge in [0.2, 0.25) is 0 Å². The lowest BCUT2D eigenvalue weighted by Crippen LogP contribution is -2.02. The van der Waals surface area contributed by atoms with Crippen LogP contribution in [0.1, 0.15) is 17.9 Å². The zero-order valence-electron chi connectivity index (χ0n) is 7.82. The number of halogens is 1. The monoisotopic (exact) mass is 256 g/mol. The quantitative estimate of drug-likeness (QED) is 0.896. The smallest absolute Gasteiger partial charge is 0.0701 e. The molecule has 1 aromatic rings. The summed E-state index contributed by atoms with van der Waals surface area (Å²) >= 11 is 3.41. The molecule has 14 heavy (non-hydrogen) atoms. The third kappa shape index (κ3) is 2.35. The number of rotatable bonds is 4. The highest BCUT2D eigenvalue weighted by Crippen LogP contribution is 2.43. The molecule has 1 unspecified atom stereocenters. The molecule has 3 heteroatoms. The van der Waals surface area contributed by atoms with Crippen molar-refractivity contribution in [2.45, 2.75) is 18.4 Å². The Balaban J connectivity index is 1.89. The first kappa shape index (κ1) is 10.1. The van der Waals surface area contributed by atoms with E-state index < -0.39 is 0 Å². The standard InChI is InChI=1S/C11H13BrO2/c12-9-3-1-8(2-4-9)10-7-11(10)14-6-5-13/h1-4,10-11,13H,5-7H2/t10?,11-/m1/s1. The van der Waals surface area contributed by atoms with Crippen LogP contribution in [0, 0.1) is 0 Å². The molecule has 0 spiro atoms. The van der Waals surface area contributed by atoms with Gasteiger partial charge >= 0.3 is 0 Å². The van der Waals surface area contributed by atoms with Crippen LogP contribution < -0.4 is 0 Å². The number of hydrogen-bond acceptors (Lipinski definition) is 2. The summed E-state index contributed by atoms with van der Waals surface area (Å²) < 4.78 is 6.54. The molecule has 0 saturated heterocycles. The molecule has 1 fully saturated rings. The van der Waals surface area contributed by atoms with E-state index in [9.17, 15) is 0 Å². The number of ether oxygens (including phenoxy) is 1. The molecule has 1 N–H and O–H groups in total. The molecule has 0 aliphatic heterocycles. The number of hydrogen-bond donors (Lipinski definition) is 1. The van der Waals surface area contributed by atoms with Gasteiger partial charge in [-0.2, -0.15) is 0 Å². The van der Waals surface area contributed by atoms with Gasteiger partial charge in [-0.1, -0.05) is 28.1 Å². The molecular formula is C11H13BrO2. The van der Waals surface area contributed by atoms with Crippen molar-refractivity contribution in [3.05, 3.63) is 34.3 Å². The Morgan fingerprint density at radius 2 is 2.07 bits per heavy atom. The first-order chi connectivity index (χ1) is 6.81. The van der Waals surface area contributed by atoms with Crippen LogP contribution >= 0.6 is 15.9 Å². The lowest BCUT2D eigenvalue weighted by molar-refractivity contribution is 0.0778. The molecule has 0 aromatic heterocycles. The van der Waals surface area contributed by atoms with Crippen LogP contribution in [0.5, 0.6) is 0 Å². The summed E-state index contributed by atoms with van der Waals surface area (Å²) in [5.74, 6) is 0.537. The van der Waals surface area contributed by atoms with Crippen LogP contribution in [-0.2, 0) is 4.74 Å². The van der Waals surface area contributed by atoms with E-state index >= 15 is 0 Å². The minimum Gasteiger partial charge on any atom is -0.394 e. The molecule has 2 atom stereocenters. The summed E-state index contributed by atoms with van der Waals surface area (Å²) in [5.41, 5.74) is 1.33. The fourth-order valence-electron chi connectivity index (χ4n) is 1.62. The number of benzene rings is 1. The van der Waals surface area contributed by atoms with Crippen molar-refractivity contribution >= 4 is 15.9 Å². The molecular weight excluding hydrogens is 244 g/mol. The summed E-state index contributed by atoms with van der Waals surface area (Å²) in [6.45, 7) is 0.571. The normalized spacial score (nSPS) is 25.0. The third-order valence-electron chi connectivity index (χ3n) is 2.45. The Kier molecular flexibility index (Phi) is 3.21. The fourth-order valence-corrected chi connectivity index (χ4v) is 1.89. The highest BCUT2D eigenvalue weighted by Gasteiger charge is 2.39. The molecule has 1 aliphatic rings. The van der Waals surface area contributed by atoms with Crippen molar-refractivity contribution in [2.24, 2.45) is 0 Å². The van der Waals surface area contributed by atoms with Crippen LogP contribution in [0.2, 0.25) is 0 Å². The van der Waals surface area contributed by atoms with Crippen LogP contribution in [-0.4, -0.2) is 24.4 Å². The fraction of sp³-hybridized carbons (Fsp3) is 0.455. The first-order valence-corrected chi connectivity index (χ1v) is 5.58. The molecule has 0 heterocycles. The lowest BCUT2D eigenvalue weighted by Gasteiger charge is -2.01. The Morgan fingerprint density at radius 1 is 1.36 bits per heavy atom. The Hall–Kier alpha value is -0.380. The summed E-state index contributed by atoms with van der Waals surface area (Å²) in [5, 5.41) is 8.60. The minimum absolute atomic E-state index is 0.115. The predicted octanol–water partition coefficient (Wildman–Crippen LogP) is 2.31. The van der Waals surface area contributed by atoms with E-state index in [1.54, 1.807) is 0 Å². The van der Waals surface area contributed by atoms with Gasteiger partial charge in [-0.3, -0.25) is 0 Å². The van der Waals surface area contributed by atoms with E-state index in [1.807, 2.05) is 0 Å². The van der Waals surface area contributed by atoms with Crippen molar-refractivity contribution in [1.82, 2.24) is 0 Å². The number of aliphatic hydroxyl groups is 1. The van der Waals surface area contributed by atoms with Gasteiger partial charge in [0.15, 0.2) is 0 Å². The van der Waals surface area contributed by atoms with Crippen LogP contribution in [0.4, 0.5) is 0 Å². The minimum atomic E-state index is 0.115. The molecule has 0 amide bonds. The average molecular weight is 257 g/mol. The van der Waals surface area contributed by atoms with Gasteiger partial charge in [0, 0.05) is 10.4 Å². The molecule has 76 valence electrons. The molecule has 1 saturated carbocycles. The summed E-state index contributed by atoms with van der Waals surface area (Å²) in [6, 6.07) is 8.35. The van der Waals surface area contributed by atoms with Crippen molar-refractivity contribution < 1.29 is 9.84 Å². The van der Waals surface area contributed by atoms with E-state index in [4.69, 9.17) is 9.84 Å². The molecule has 0 bridgehead atoms. The molecule has 2 rings (SSSR count). The van der Waals surface area contributed by atoms with Gasteiger partial charge in [-0.25, -0.2) is 0 Å². The molecule has 1 aromatic carbocycles. The van der Waals surface area contributed by atoms with Crippen LogP contribution in [0.15, 0.2) is 28.7 Å². The van der Waals surface area contributed by atoms with E-state index in [2.05, 4.69) is 40.2 Å². The van der Waals surface area contributed by atoms with Crippen molar-refractivity contribution in [3.8, 4) is 0 Å². The maximum absolute atomic E-state index is 8.60. The molecule has 1 aliphatic carbocycles. The Morgan fingerprint density at radius 3 is 2.71 bits per heavy atom. The zero-order chi connectivity index (χ0) is 9.97. The second-order valence-corrected chi connectivity index (χ2v) is 4.44. The van der Waals surface area contributed by atoms with Crippen LogP contribution in [0.25, 0.3) is 0 Å². The topological polar surface area (TPSA) is 29.5 Å². The van der Waals surface area contributed by atoms with Gasteiger partial charge < -0.3 is 9.84 Å². The van der Waals surface area contributed by atoms with Crippen molar-refractivity contribution in [3.63, 3.8) is 0 Å². The van der Waals surface area contributed by atoms with Crippen molar-refractivity contribution in [2.75, 3.05) is 13.2 Å². The van der Waals surface area contributed by atoms with E-state index in [0.717, 1.165) is 10.9 Å². The largest absolute Gasteiger partial charge is 0.394 e. The molecule has 2 nitrogen and oxygen atoms in total. The average Bonchev–Trinajstić information content (AvgIpc) is 2.95. The maximum Gasteiger partial charge on any atom is 0.0701 e. The zero-order valence-corrected chi connectivity index (χ0v) is 9.40. The third-order valence-corrected chi connectivity index (χ3v) is 2.98. The van der Waals surface area contributed by atoms with Gasteiger partial charge in [0.25, 0.3) is 0 Å². The maximum atomic E-state index is 8.60. The summed E-state index contributed by atoms with van der Waals surface area (Å²) in [7, 11) is 0. The van der Waals surface area contributed by atoms with E-state index in [1.165, 1.54) is 5.56 Å². The molecule has 0 radical (unpaired) electrons. The lowest BCUT2D eigenvalue weighted by atomic mass is 10.1. The number of aliphatic hydroxyl groups excluding tert-OH is 1. The first-order valence-electron chi connectivity index (χ1n) is 4.79. The Bertz CT molecular complexity index is 297. The second-order valence-electron chi connectivity index (χ2n) is 3.53. The van der Waals surface area contributed by atoms with Gasteiger partial charge in [0.1, 0.15) is 0 Å².